The Balaban J connectivity index is 1.45. The van der Waals surface area contributed by atoms with Crippen molar-refractivity contribution in [1.82, 2.24) is 0 Å². The lowest BCUT2D eigenvalue weighted by molar-refractivity contribution is 0.253. The third-order valence-electron chi connectivity index (χ3n) is 5.95. The predicted octanol–water partition coefficient (Wildman–Crippen LogP) is 4.89. The minimum atomic E-state index is -0.271. The van der Waals surface area contributed by atoms with E-state index < -0.39 is 0 Å². The summed E-state index contributed by atoms with van der Waals surface area (Å²) in [6.07, 6.45) is 4.34. The maximum atomic E-state index is 6.15. The highest BCUT2D eigenvalue weighted by Gasteiger charge is 2.50. The van der Waals surface area contributed by atoms with Crippen LogP contribution in [0.15, 0.2) is 70.6 Å². The van der Waals surface area contributed by atoms with Crippen LogP contribution in [0.2, 0.25) is 0 Å². The van der Waals surface area contributed by atoms with Gasteiger partial charge in [0.15, 0.2) is 11.8 Å². The van der Waals surface area contributed by atoms with Crippen molar-refractivity contribution in [2.45, 2.75) is 37.8 Å². The highest BCUT2D eigenvalue weighted by atomic mass is 16.5. The zero-order chi connectivity index (χ0) is 18.1. The Labute approximate surface area is 160 Å². The molecule has 2 aromatic carbocycles. The van der Waals surface area contributed by atoms with Crippen molar-refractivity contribution in [2.24, 2.45) is 15.4 Å². The van der Waals surface area contributed by atoms with E-state index in [-0.39, 0.29) is 17.5 Å². The molecule has 138 valence electrons. The molecule has 2 aromatic rings. The van der Waals surface area contributed by atoms with E-state index in [1.165, 1.54) is 11.1 Å². The number of rotatable bonds is 4. The van der Waals surface area contributed by atoms with Gasteiger partial charge < -0.3 is 9.47 Å². The van der Waals surface area contributed by atoms with Crippen LogP contribution in [-0.4, -0.2) is 25.0 Å². The molecule has 1 aliphatic carbocycles. The molecule has 0 unspecified atom stereocenters. The van der Waals surface area contributed by atoms with Gasteiger partial charge in [0.05, 0.1) is 0 Å². The summed E-state index contributed by atoms with van der Waals surface area (Å²) in [7, 11) is 0. The van der Waals surface area contributed by atoms with Crippen LogP contribution < -0.4 is 0 Å². The molecular formula is C23H24N2O2. The normalized spacial score (nSPS) is 26.2. The van der Waals surface area contributed by atoms with Gasteiger partial charge in [-0.1, -0.05) is 73.5 Å². The van der Waals surface area contributed by atoms with Gasteiger partial charge in [0.25, 0.3) is 0 Å². The number of aliphatic imine (C=N–C) groups is 2. The largest absolute Gasteiger partial charge is 0.478 e. The first-order valence-corrected chi connectivity index (χ1v) is 9.87. The van der Waals surface area contributed by atoms with E-state index in [1.54, 1.807) is 0 Å². The zero-order valence-corrected chi connectivity index (χ0v) is 15.4. The summed E-state index contributed by atoms with van der Waals surface area (Å²) in [6.45, 7) is 1.22. The van der Waals surface area contributed by atoms with E-state index in [4.69, 9.17) is 19.5 Å². The molecule has 5 rings (SSSR count). The van der Waals surface area contributed by atoms with E-state index in [1.807, 2.05) is 12.1 Å². The van der Waals surface area contributed by atoms with Crippen LogP contribution in [0.3, 0.4) is 0 Å². The molecule has 4 nitrogen and oxygen atoms in total. The Morgan fingerprint density at radius 1 is 0.667 bits per heavy atom. The van der Waals surface area contributed by atoms with Crippen LogP contribution in [0.1, 0.15) is 48.9 Å². The van der Waals surface area contributed by atoms with Crippen molar-refractivity contribution in [2.75, 3.05) is 13.2 Å². The molecule has 2 heterocycles. The Hall–Kier alpha value is -2.62. The van der Waals surface area contributed by atoms with E-state index in [0.29, 0.717) is 13.2 Å². The van der Waals surface area contributed by atoms with Crippen molar-refractivity contribution in [3.8, 4) is 0 Å². The predicted molar refractivity (Wildman–Crippen MR) is 106 cm³/mol. The lowest BCUT2D eigenvalue weighted by Crippen LogP contribution is -2.37. The Kier molecular flexibility index (Phi) is 4.19. The topological polar surface area (TPSA) is 43.2 Å². The molecule has 27 heavy (non-hydrogen) atoms. The van der Waals surface area contributed by atoms with Crippen molar-refractivity contribution in [3.63, 3.8) is 0 Å². The van der Waals surface area contributed by atoms with Crippen LogP contribution in [0, 0.1) is 5.41 Å². The van der Waals surface area contributed by atoms with Gasteiger partial charge in [-0.25, -0.2) is 9.98 Å². The van der Waals surface area contributed by atoms with Crippen molar-refractivity contribution >= 4 is 11.8 Å². The Morgan fingerprint density at radius 2 is 1.11 bits per heavy atom. The highest BCUT2D eigenvalue weighted by Crippen LogP contribution is 2.46. The van der Waals surface area contributed by atoms with Gasteiger partial charge in [0.2, 0.25) is 0 Å². The second kappa shape index (κ2) is 6.84. The van der Waals surface area contributed by atoms with E-state index >= 15 is 0 Å². The molecule has 1 fully saturated rings. The van der Waals surface area contributed by atoms with Gasteiger partial charge in [-0.2, -0.15) is 0 Å². The fraction of sp³-hybridized carbons (Fsp3) is 0.391. The molecule has 0 N–H and O–H groups in total. The molecule has 1 saturated carbocycles. The molecule has 2 aliphatic heterocycles. The van der Waals surface area contributed by atoms with Gasteiger partial charge in [0, 0.05) is 0 Å². The summed E-state index contributed by atoms with van der Waals surface area (Å²) in [6, 6.07) is 20.9. The van der Waals surface area contributed by atoms with Gasteiger partial charge >= 0.3 is 0 Å². The fourth-order valence-corrected chi connectivity index (χ4v) is 4.46. The monoisotopic (exact) mass is 360 g/mol. The molecule has 0 bridgehead atoms. The molecule has 0 spiro atoms. The Morgan fingerprint density at radius 3 is 1.56 bits per heavy atom. The maximum Gasteiger partial charge on any atom is 0.200 e. The molecule has 0 aromatic heterocycles. The summed E-state index contributed by atoms with van der Waals surface area (Å²) in [4.78, 5) is 9.98. The second-order valence-corrected chi connectivity index (χ2v) is 7.63. The smallest absolute Gasteiger partial charge is 0.200 e. The zero-order valence-electron chi connectivity index (χ0n) is 15.4. The number of hydrogen-bond donors (Lipinski definition) is 0. The van der Waals surface area contributed by atoms with Crippen molar-refractivity contribution in [3.05, 3.63) is 71.8 Å². The minimum Gasteiger partial charge on any atom is -0.478 e. The Bertz CT molecular complexity index is 787. The second-order valence-electron chi connectivity index (χ2n) is 7.63. The summed E-state index contributed by atoms with van der Waals surface area (Å²) >= 11 is 0. The summed E-state index contributed by atoms with van der Waals surface area (Å²) < 4.78 is 12.3. The number of ether oxygens (including phenoxy) is 2. The number of benzene rings is 2. The minimum absolute atomic E-state index is 0.0746. The molecule has 4 heteroatoms. The lowest BCUT2D eigenvalue weighted by atomic mass is 9.85. The third kappa shape index (κ3) is 2.93. The summed E-state index contributed by atoms with van der Waals surface area (Å²) in [5, 5.41) is 0. The average Bonchev–Trinajstić information content (AvgIpc) is 3.49. The van der Waals surface area contributed by atoms with Crippen LogP contribution in [0.25, 0.3) is 0 Å². The van der Waals surface area contributed by atoms with Gasteiger partial charge in [-0.3, -0.25) is 0 Å². The molecule has 0 radical (unpaired) electrons. The highest BCUT2D eigenvalue weighted by molar-refractivity contribution is 6.06. The first kappa shape index (κ1) is 16.5. The first-order valence-electron chi connectivity index (χ1n) is 9.87. The maximum absolute atomic E-state index is 6.15. The SMILES string of the molecule is c1ccc([C@H]2COC(C3(C4=N[C@@H](c5ccccc5)CO4)CCCC3)=N2)cc1. The third-order valence-corrected chi connectivity index (χ3v) is 5.95. The summed E-state index contributed by atoms with van der Waals surface area (Å²) in [5.41, 5.74) is 2.14. The van der Waals surface area contributed by atoms with Crippen molar-refractivity contribution < 1.29 is 9.47 Å². The fourth-order valence-electron chi connectivity index (χ4n) is 4.46. The number of hydrogen-bond acceptors (Lipinski definition) is 4. The van der Waals surface area contributed by atoms with Gasteiger partial charge in [0.1, 0.15) is 30.7 Å². The quantitative estimate of drug-likeness (QED) is 0.779. The van der Waals surface area contributed by atoms with Crippen LogP contribution in [-0.2, 0) is 9.47 Å². The van der Waals surface area contributed by atoms with E-state index in [2.05, 4.69) is 48.5 Å². The first-order chi connectivity index (χ1) is 13.4. The lowest BCUT2D eigenvalue weighted by Gasteiger charge is -2.26. The standard InChI is InChI=1S/C23H24N2O2/c1-3-9-17(10-4-1)19-15-26-21(24-19)23(13-7-8-14-23)22-25-20(16-27-22)18-11-5-2-6-12-18/h1-6,9-12,19-20H,7-8,13-16H2/t19-,20-/m1/s1. The number of nitrogens with zero attached hydrogens (tertiary/aromatic N) is 2. The van der Waals surface area contributed by atoms with Gasteiger partial charge in [-0.05, 0) is 24.0 Å². The molecule has 0 amide bonds. The van der Waals surface area contributed by atoms with E-state index in [0.717, 1.165) is 37.5 Å². The molecule has 3 aliphatic rings. The van der Waals surface area contributed by atoms with Crippen LogP contribution in [0.4, 0.5) is 0 Å². The molecule has 0 saturated heterocycles. The summed E-state index contributed by atoms with van der Waals surface area (Å²) in [5.74, 6) is 1.67. The molecule has 2 atom stereocenters. The van der Waals surface area contributed by atoms with Crippen LogP contribution in [0.5, 0.6) is 0 Å². The van der Waals surface area contributed by atoms with Crippen LogP contribution >= 0.6 is 0 Å². The molecular weight excluding hydrogens is 336 g/mol. The van der Waals surface area contributed by atoms with E-state index in [9.17, 15) is 0 Å². The average molecular weight is 360 g/mol. The van der Waals surface area contributed by atoms with Crippen molar-refractivity contribution in [1.29, 1.82) is 0 Å². The van der Waals surface area contributed by atoms with Gasteiger partial charge in [-0.15, -0.1) is 0 Å².